The van der Waals surface area contributed by atoms with Crippen molar-refractivity contribution >= 4 is 17.8 Å². The molecule has 1 saturated carbocycles. The molecule has 0 bridgehead atoms. The molecule has 1 atom stereocenters. The second kappa shape index (κ2) is 7.05. The van der Waals surface area contributed by atoms with Gasteiger partial charge in [-0.2, -0.15) is 0 Å². The molecule has 21 heavy (non-hydrogen) atoms. The number of rotatable bonds is 5. The molecule has 2 rings (SSSR count). The molecular weight excluding hydrogens is 270 g/mol. The van der Waals surface area contributed by atoms with Gasteiger partial charge in [-0.15, -0.1) is 5.06 Å². The first kappa shape index (κ1) is 16.0. The normalized spacial score (nSPS) is 27.8. The molecule has 1 unspecified atom stereocenters. The van der Waals surface area contributed by atoms with E-state index in [2.05, 4.69) is 13.8 Å². The van der Waals surface area contributed by atoms with E-state index in [0.717, 1.165) is 31.6 Å². The van der Waals surface area contributed by atoms with E-state index in [1.54, 1.807) is 0 Å². The predicted octanol–water partition coefficient (Wildman–Crippen LogP) is 2.84. The summed E-state index contributed by atoms with van der Waals surface area (Å²) >= 11 is 0. The summed E-state index contributed by atoms with van der Waals surface area (Å²) in [7, 11) is 0. The lowest BCUT2D eigenvalue weighted by Crippen LogP contribution is -2.35. The van der Waals surface area contributed by atoms with E-state index in [1.807, 2.05) is 0 Å². The first-order valence-electron chi connectivity index (χ1n) is 8.08. The molecular formula is C16H25NO4. The van der Waals surface area contributed by atoms with E-state index < -0.39 is 17.8 Å². The second-order valence-corrected chi connectivity index (χ2v) is 6.46. The highest BCUT2D eigenvalue weighted by Gasteiger charge is 2.36. The zero-order chi connectivity index (χ0) is 15.4. The maximum absolute atomic E-state index is 12.1. The Morgan fingerprint density at radius 2 is 1.76 bits per heavy atom. The van der Waals surface area contributed by atoms with Crippen LogP contribution < -0.4 is 0 Å². The van der Waals surface area contributed by atoms with Gasteiger partial charge in [0.2, 0.25) is 0 Å². The van der Waals surface area contributed by atoms with Crippen molar-refractivity contribution in [3.63, 3.8) is 0 Å². The summed E-state index contributed by atoms with van der Waals surface area (Å²) in [5.41, 5.74) is 0. The number of amides is 2. The highest BCUT2D eigenvalue weighted by atomic mass is 16.7. The van der Waals surface area contributed by atoms with Crippen LogP contribution in [0.1, 0.15) is 65.2 Å². The molecule has 5 nitrogen and oxygen atoms in total. The number of nitrogens with zero attached hydrogens (tertiary/aromatic N) is 1. The highest BCUT2D eigenvalue weighted by Crippen LogP contribution is 2.34. The van der Waals surface area contributed by atoms with Gasteiger partial charge in [-0.05, 0) is 43.9 Å². The van der Waals surface area contributed by atoms with Crippen molar-refractivity contribution in [2.45, 2.75) is 65.2 Å². The minimum absolute atomic E-state index is 0.147. The van der Waals surface area contributed by atoms with Crippen molar-refractivity contribution in [2.24, 2.45) is 17.8 Å². The number of carbonyl (C=O) groups is 3. The summed E-state index contributed by atoms with van der Waals surface area (Å²) in [5.74, 6) is 0.0370. The van der Waals surface area contributed by atoms with E-state index in [9.17, 15) is 14.4 Å². The van der Waals surface area contributed by atoms with Gasteiger partial charge in [0.05, 0.1) is 5.92 Å². The second-order valence-electron chi connectivity index (χ2n) is 6.46. The minimum Gasteiger partial charge on any atom is -0.330 e. The Morgan fingerprint density at radius 3 is 2.29 bits per heavy atom. The summed E-state index contributed by atoms with van der Waals surface area (Å²) in [6.45, 7) is 4.47. The summed E-state index contributed by atoms with van der Waals surface area (Å²) in [5, 5.41) is 0.660. The third-order valence-corrected chi connectivity index (χ3v) is 4.80. The van der Waals surface area contributed by atoms with Crippen LogP contribution in [0, 0.1) is 17.8 Å². The summed E-state index contributed by atoms with van der Waals surface area (Å²) < 4.78 is 0. The molecule has 0 aromatic rings. The van der Waals surface area contributed by atoms with Gasteiger partial charge in [0.1, 0.15) is 0 Å². The molecule has 0 N–H and O–H groups in total. The van der Waals surface area contributed by atoms with Crippen LogP contribution in [0.15, 0.2) is 0 Å². The van der Waals surface area contributed by atoms with Crippen LogP contribution in [0.2, 0.25) is 0 Å². The zero-order valence-corrected chi connectivity index (χ0v) is 13.0. The van der Waals surface area contributed by atoms with Crippen LogP contribution in [-0.4, -0.2) is 22.8 Å². The molecule has 118 valence electrons. The van der Waals surface area contributed by atoms with Crippen molar-refractivity contribution in [3.8, 4) is 0 Å². The van der Waals surface area contributed by atoms with Crippen molar-refractivity contribution in [3.05, 3.63) is 0 Å². The quantitative estimate of drug-likeness (QED) is 0.732. The fourth-order valence-corrected chi connectivity index (χ4v) is 3.19. The molecule has 1 aliphatic heterocycles. The Morgan fingerprint density at radius 1 is 1.19 bits per heavy atom. The number of carbonyl (C=O) groups excluding carboxylic acids is 3. The standard InChI is InChI=1S/C16H25NO4/c1-3-11(2)10-12-4-6-13(7-5-12)16(20)21-17-14(18)8-9-15(17)19/h11-13H,3-10H2,1-2H3. The van der Waals surface area contributed by atoms with Crippen LogP contribution in [-0.2, 0) is 19.2 Å². The minimum atomic E-state index is -0.416. The molecule has 1 heterocycles. The number of hydrogen-bond donors (Lipinski definition) is 0. The van der Waals surface area contributed by atoms with Gasteiger partial charge >= 0.3 is 5.97 Å². The molecule has 0 radical (unpaired) electrons. The Balaban J connectivity index is 1.78. The number of hydrogen-bond acceptors (Lipinski definition) is 4. The Kier molecular flexibility index (Phi) is 5.37. The summed E-state index contributed by atoms with van der Waals surface area (Å²) in [6.07, 6.45) is 6.38. The van der Waals surface area contributed by atoms with Crippen molar-refractivity contribution in [1.29, 1.82) is 0 Å². The van der Waals surface area contributed by atoms with Gasteiger partial charge in [0.25, 0.3) is 11.8 Å². The Bertz CT molecular complexity index is 397. The van der Waals surface area contributed by atoms with Gasteiger partial charge in [0, 0.05) is 12.8 Å². The van der Waals surface area contributed by atoms with Gasteiger partial charge < -0.3 is 4.84 Å². The molecule has 2 amide bonds. The lowest BCUT2D eigenvalue weighted by Gasteiger charge is -2.29. The molecule has 0 aromatic heterocycles. The third-order valence-electron chi connectivity index (χ3n) is 4.80. The largest absolute Gasteiger partial charge is 0.336 e. The molecule has 1 aliphatic carbocycles. The van der Waals surface area contributed by atoms with Crippen molar-refractivity contribution in [2.75, 3.05) is 0 Å². The lowest BCUT2D eigenvalue weighted by molar-refractivity contribution is -0.201. The fourth-order valence-electron chi connectivity index (χ4n) is 3.19. The van der Waals surface area contributed by atoms with Crippen LogP contribution in [0.4, 0.5) is 0 Å². The fraction of sp³-hybridized carbons (Fsp3) is 0.812. The van der Waals surface area contributed by atoms with Gasteiger partial charge in [-0.1, -0.05) is 20.3 Å². The van der Waals surface area contributed by atoms with Gasteiger partial charge in [-0.25, -0.2) is 4.79 Å². The highest BCUT2D eigenvalue weighted by molar-refractivity contribution is 6.01. The van der Waals surface area contributed by atoms with Crippen molar-refractivity contribution in [1.82, 2.24) is 5.06 Å². The smallest absolute Gasteiger partial charge is 0.330 e. The zero-order valence-electron chi connectivity index (χ0n) is 13.0. The molecule has 0 spiro atoms. The van der Waals surface area contributed by atoms with E-state index >= 15 is 0 Å². The molecule has 2 aliphatic rings. The first-order chi connectivity index (χ1) is 10.0. The van der Waals surface area contributed by atoms with Crippen LogP contribution in [0.5, 0.6) is 0 Å². The van der Waals surface area contributed by atoms with E-state index in [-0.39, 0.29) is 18.8 Å². The Hall–Kier alpha value is -1.39. The SMILES string of the molecule is CCC(C)CC1CCC(C(=O)ON2C(=O)CCC2=O)CC1. The average molecular weight is 295 g/mol. The van der Waals surface area contributed by atoms with E-state index in [4.69, 9.17) is 4.84 Å². The predicted molar refractivity (Wildman–Crippen MR) is 76.7 cm³/mol. The van der Waals surface area contributed by atoms with Crippen LogP contribution >= 0.6 is 0 Å². The summed E-state index contributed by atoms with van der Waals surface area (Å²) in [4.78, 5) is 39.9. The van der Waals surface area contributed by atoms with Crippen LogP contribution in [0.3, 0.4) is 0 Å². The van der Waals surface area contributed by atoms with Crippen molar-refractivity contribution < 1.29 is 19.2 Å². The molecule has 1 saturated heterocycles. The van der Waals surface area contributed by atoms with E-state index in [1.165, 1.54) is 12.8 Å². The molecule has 2 fully saturated rings. The molecule has 5 heteroatoms. The average Bonchev–Trinajstić information content (AvgIpc) is 2.79. The first-order valence-corrected chi connectivity index (χ1v) is 8.08. The number of imide groups is 1. The Labute approximate surface area is 126 Å². The number of hydroxylamine groups is 2. The topological polar surface area (TPSA) is 63.7 Å². The van der Waals surface area contributed by atoms with Gasteiger partial charge in [-0.3, -0.25) is 9.59 Å². The maximum atomic E-state index is 12.1. The molecule has 0 aromatic carbocycles. The maximum Gasteiger partial charge on any atom is 0.336 e. The van der Waals surface area contributed by atoms with Gasteiger partial charge in [0.15, 0.2) is 0 Å². The van der Waals surface area contributed by atoms with E-state index in [0.29, 0.717) is 11.0 Å². The van der Waals surface area contributed by atoms with Crippen LogP contribution in [0.25, 0.3) is 0 Å². The monoisotopic (exact) mass is 295 g/mol. The lowest BCUT2D eigenvalue weighted by atomic mass is 9.78. The third kappa shape index (κ3) is 4.05. The summed E-state index contributed by atoms with van der Waals surface area (Å²) in [6, 6.07) is 0.